The Morgan fingerprint density at radius 1 is 1.15 bits per heavy atom. The second-order valence-corrected chi connectivity index (χ2v) is 6.41. The molecule has 0 aliphatic carbocycles. The van der Waals surface area contributed by atoms with Gasteiger partial charge < -0.3 is 24.2 Å². The Balaban J connectivity index is 2.11. The first-order valence-corrected chi connectivity index (χ1v) is 8.74. The fraction of sp³-hybridized carbons (Fsp3) is 0.579. The summed E-state index contributed by atoms with van der Waals surface area (Å²) in [6.45, 7) is 2.42. The number of nitrogens with zero attached hydrogens (tertiary/aromatic N) is 1. The highest BCUT2D eigenvalue weighted by molar-refractivity contribution is 5.79. The second kappa shape index (κ2) is 8.78. The van der Waals surface area contributed by atoms with Crippen LogP contribution in [0.1, 0.15) is 31.7 Å². The van der Waals surface area contributed by atoms with Crippen molar-refractivity contribution in [2.45, 2.75) is 38.6 Å². The third-order valence-corrected chi connectivity index (χ3v) is 5.02. The molecule has 144 valence electrons. The lowest BCUT2D eigenvalue weighted by Gasteiger charge is -2.37. The number of rotatable bonds is 7. The van der Waals surface area contributed by atoms with E-state index in [4.69, 9.17) is 14.2 Å². The lowest BCUT2D eigenvalue weighted by atomic mass is 9.90. The predicted octanol–water partition coefficient (Wildman–Crippen LogP) is 2.36. The summed E-state index contributed by atoms with van der Waals surface area (Å²) >= 11 is 0. The van der Waals surface area contributed by atoms with Crippen LogP contribution < -0.4 is 14.2 Å². The summed E-state index contributed by atoms with van der Waals surface area (Å²) in [6, 6.07) is 3.35. The van der Waals surface area contributed by atoms with Crippen molar-refractivity contribution >= 4 is 11.9 Å². The van der Waals surface area contributed by atoms with Gasteiger partial charge in [0.25, 0.3) is 0 Å². The molecular formula is C19H27NO6. The first kappa shape index (κ1) is 19.9. The second-order valence-electron chi connectivity index (χ2n) is 6.41. The zero-order valence-corrected chi connectivity index (χ0v) is 15.8. The van der Waals surface area contributed by atoms with Crippen molar-refractivity contribution in [2.24, 2.45) is 5.92 Å². The highest BCUT2D eigenvalue weighted by Crippen LogP contribution is 2.40. The largest absolute Gasteiger partial charge is 0.493 e. The summed E-state index contributed by atoms with van der Waals surface area (Å²) in [5.74, 6) is 0.237. The Morgan fingerprint density at radius 3 is 2.42 bits per heavy atom. The zero-order chi connectivity index (χ0) is 19.3. The SMILES string of the molecule is COc1ccc(CCC(=O)N2CCC[C@H](C(=O)O)[C@@H]2C)c(OC)c1OC. The molecule has 2 rings (SSSR count). The molecule has 26 heavy (non-hydrogen) atoms. The van der Waals surface area contributed by atoms with E-state index in [9.17, 15) is 14.7 Å². The van der Waals surface area contributed by atoms with Gasteiger partial charge in [0.2, 0.25) is 11.7 Å². The lowest BCUT2D eigenvalue weighted by molar-refractivity contribution is -0.149. The molecule has 7 heteroatoms. The molecule has 1 aliphatic heterocycles. The number of hydrogen-bond donors (Lipinski definition) is 1. The number of ether oxygens (including phenoxy) is 3. The van der Waals surface area contributed by atoms with Crippen molar-refractivity contribution in [3.05, 3.63) is 17.7 Å². The molecule has 1 aliphatic rings. The van der Waals surface area contributed by atoms with Crippen LogP contribution in [0.3, 0.4) is 0 Å². The number of aliphatic carboxylic acids is 1. The number of methoxy groups -OCH3 is 3. The summed E-state index contributed by atoms with van der Waals surface area (Å²) in [4.78, 5) is 25.7. The van der Waals surface area contributed by atoms with Gasteiger partial charge in [0.15, 0.2) is 11.5 Å². The molecule has 1 aromatic carbocycles. The van der Waals surface area contributed by atoms with Crippen LogP contribution in [0, 0.1) is 5.92 Å². The molecule has 0 radical (unpaired) electrons. The average Bonchev–Trinajstić information content (AvgIpc) is 2.64. The summed E-state index contributed by atoms with van der Waals surface area (Å²) in [7, 11) is 4.64. The van der Waals surface area contributed by atoms with Gasteiger partial charge in [0, 0.05) is 19.0 Å². The first-order chi connectivity index (χ1) is 12.4. The minimum absolute atomic E-state index is 0.0414. The number of hydrogen-bond acceptors (Lipinski definition) is 5. The molecule has 7 nitrogen and oxygen atoms in total. The highest BCUT2D eigenvalue weighted by atomic mass is 16.5. The summed E-state index contributed by atoms with van der Waals surface area (Å²) in [5.41, 5.74) is 0.845. The molecule has 0 aromatic heterocycles. The predicted molar refractivity (Wildman–Crippen MR) is 96.0 cm³/mol. The average molecular weight is 365 g/mol. The van der Waals surface area contributed by atoms with Crippen LogP contribution in [-0.2, 0) is 16.0 Å². The van der Waals surface area contributed by atoms with Gasteiger partial charge in [-0.1, -0.05) is 6.07 Å². The van der Waals surface area contributed by atoms with Gasteiger partial charge in [-0.25, -0.2) is 0 Å². The number of carbonyl (C=O) groups excluding carboxylic acids is 1. The number of carbonyl (C=O) groups is 2. The molecule has 0 unspecified atom stereocenters. The van der Waals surface area contributed by atoms with Crippen LogP contribution in [0.2, 0.25) is 0 Å². The molecule has 1 saturated heterocycles. The first-order valence-electron chi connectivity index (χ1n) is 8.74. The number of carboxylic acids is 1. The summed E-state index contributed by atoms with van der Waals surface area (Å²) < 4.78 is 16.1. The number of carboxylic acid groups (broad SMARTS) is 1. The fourth-order valence-electron chi connectivity index (χ4n) is 3.57. The summed E-state index contributed by atoms with van der Waals surface area (Å²) in [5, 5.41) is 9.31. The molecule has 0 saturated carbocycles. The third kappa shape index (κ3) is 4.03. The Hall–Kier alpha value is -2.44. The highest BCUT2D eigenvalue weighted by Gasteiger charge is 2.35. The van der Waals surface area contributed by atoms with Gasteiger partial charge in [-0.2, -0.15) is 0 Å². The molecule has 0 bridgehead atoms. The molecule has 1 fully saturated rings. The summed E-state index contributed by atoms with van der Waals surface area (Å²) in [6.07, 6.45) is 2.09. The van der Waals surface area contributed by atoms with E-state index in [1.807, 2.05) is 13.0 Å². The Morgan fingerprint density at radius 2 is 1.85 bits per heavy atom. The van der Waals surface area contributed by atoms with Crippen molar-refractivity contribution in [1.82, 2.24) is 4.90 Å². The van der Waals surface area contributed by atoms with Crippen LogP contribution >= 0.6 is 0 Å². The molecule has 0 spiro atoms. The lowest BCUT2D eigenvalue weighted by Crippen LogP contribution is -2.49. The number of aryl methyl sites for hydroxylation is 1. The number of amides is 1. The van der Waals surface area contributed by atoms with E-state index in [2.05, 4.69) is 0 Å². The maximum absolute atomic E-state index is 12.7. The van der Waals surface area contributed by atoms with Crippen molar-refractivity contribution in [3.8, 4) is 17.2 Å². The molecule has 1 amide bonds. The fourth-order valence-corrected chi connectivity index (χ4v) is 3.57. The maximum atomic E-state index is 12.7. The number of likely N-dealkylation sites (tertiary alicyclic amines) is 1. The van der Waals surface area contributed by atoms with Crippen molar-refractivity contribution in [1.29, 1.82) is 0 Å². The smallest absolute Gasteiger partial charge is 0.308 e. The van der Waals surface area contributed by atoms with E-state index < -0.39 is 11.9 Å². The van der Waals surface area contributed by atoms with Gasteiger partial charge in [-0.3, -0.25) is 9.59 Å². The molecule has 1 N–H and O–H groups in total. The maximum Gasteiger partial charge on any atom is 0.308 e. The zero-order valence-electron chi connectivity index (χ0n) is 15.8. The van der Waals surface area contributed by atoms with E-state index in [0.29, 0.717) is 43.1 Å². The van der Waals surface area contributed by atoms with Crippen LogP contribution in [-0.4, -0.2) is 55.8 Å². The number of piperidine rings is 1. The van der Waals surface area contributed by atoms with E-state index in [1.165, 1.54) is 7.11 Å². The number of benzene rings is 1. The van der Waals surface area contributed by atoms with Gasteiger partial charge in [0.05, 0.1) is 27.2 Å². The van der Waals surface area contributed by atoms with Crippen molar-refractivity contribution < 1.29 is 28.9 Å². The Kier molecular flexibility index (Phi) is 6.71. The van der Waals surface area contributed by atoms with Crippen molar-refractivity contribution in [3.63, 3.8) is 0 Å². The molecule has 1 aromatic rings. The third-order valence-electron chi connectivity index (χ3n) is 5.02. The van der Waals surface area contributed by atoms with E-state index in [1.54, 1.807) is 25.2 Å². The normalized spacial score (nSPS) is 19.8. The Bertz CT molecular complexity index is 660. The van der Waals surface area contributed by atoms with Gasteiger partial charge in [-0.15, -0.1) is 0 Å². The molecule has 1 heterocycles. The van der Waals surface area contributed by atoms with Crippen molar-refractivity contribution in [2.75, 3.05) is 27.9 Å². The van der Waals surface area contributed by atoms with Gasteiger partial charge in [0.1, 0.15) is 0 Å². The standard InChI is InChI=1S/C19H27NO6/c1-12-14(19(22)23)6-5-11-20(12)16(21)10-8-13-7-9-15(24-2)18(26-4)17(13)25-3/h7,9,12,14H,5-6,8,10-11H2,1-4H3,(H,22,23)/t12-,14-/m0/s1. The monoisotopic (exact) mass is 365 g/mol. The van der Waals surface area contributed by atoms with Gasteiger partial charge in [-0.05, 0) is 37.8 Å². The van der Waals surface area contributed by atoms with Crippen LogP contribution in [0.15, 0.2) is 12.1 Å². The Labute approximate surface area is 153 Å². The topological polar surface area (TPSA) is 85.3 Å². The minimum Gasteiger partial charge on any atom is -0.493 e. The molecule has 2 atom stereocenters. The van der Waals surface area contributed by atoms with Crippen LogP contribution in [0.4, 0.5) is 0 Å². The van der Waals surface area contributed by atoms with E-state index >= 15 is 0 Å². The minimum atomic E-state index is -0.837. The quantitative estimate of drug-likeness (QED) is 0.798. The van der Waals surface area contributed by atoms with E-state index in [0.717, 1.165) is 5.56 Å². The van der Waals surface area contributed by atoms with Crippen LogP contribution in [0.25, 0.3) is 0 Å². The van der Waals surface area contributed by atoms with Gasteiger partial charge >= 0.3 is 5.97 Å². The van der Waals surface area contributed by atoms with E-state index in [-0.39, 0.29) is 18.4 Å². The van der Waals surface area contributed by atoms with Crippen LogP contribution in [0.5, 0.6) is 17.2 Å². The molecular weight excluding hydrogens is 338 g/mol.